The molecule has 0 fully saturated rings. The van der Waals surface area contributed by atoms with Crippen LogP contribution in [0, 0.1) is 6.92 Å². The second-order valence-electron chi connectivity index (χ2n) is 3.49. The van der Waals surface area contributed by atoms with Crippen molar-refractivity contribution in [1.82, 2.24) is 0 Å². The lowest BCUT2D eigenvalue weighted by Gasteiger charge is -2.23. The first kappa shape index (κ1) is 11.2. The molecule has 1 aromatic carbocycles. The number of benzene rings is 1. The molecule has 0 aliphatic rings. The van der Waals surface area contributed by atoms with Crippen LogP contribution >= 0.6 is 8.46 Å². The number of hydrogen-bond acceptors (Lipinski definition) is 2. The summed E-state index contributed by atoms with van der Waals surface area (Å²) in [6, 6.07) is 7.75. The molecule has 1 unspecified atom stereocenters. The average Bonchev–Trinajstić information content (AvgIpc) is 2.21. The highest BCUT2D eigenvalue weighted by molar-refractivity contribution is 7.25. The van der Waals surface area contributed by atoms with E-state index in [-0.39, 0.29) is 8.46 Å². The van der Waals surface area contributed by atoms with E-state index in [1.54, 1.807) is 0 Å². The van der Waals surface area contributed by atoms with Gasteiger partial charge in [0.25, 0.3) is 0 Å². The lowest BCUT2D eigenvalue weighted by Crippen LogP contribution is -2.24. The summed E-state index contributed by atoms with van der Waals surface area (Å²) in [5, 5.41) is -0.605. The maximum absolute atomic E-state index is 10.9. The summed E-state index contributed by atoms with van der Waals surface area (Å²) >= 11 is 0. The lowest BCUT2D eigenvalue weighted by molar-refractivity contribution is 0.172. The summed E-state index contributed by atoms with van der Waals surface area (Å²) in [6.07, 6.45) is 0.715. The van der Waals surface area contributed by atoms with Crippen LogP contribution in [-0.4, -0.2) is 5.34 Å². The van der Waals surface area contributed by atoms with E-state index in [4.69, 9.17) is 4.74 Å². The minimum atomic E-state index is -0.605. The van der Waals surface area contributed by atoms with E-state index in [9.17, 15) is 4.57 Å². The standard InChI is InChI=1S/C11H15O2P/c1-4-11(3,14-12)13-10-8-6-5-7-9(10)2/h5-8H,4H2,1-3H3. The van der Waals surface area contributed by atoms with Gasteiger partial charge in [-0.05, 0) is 31.9 Å². The first-order chi connectivity index (χ1) is 6.61. The molecule has 0 saturated carbocycles. The van der Waals surface area contributed by atoms with Crippen LogP contribution in [0.4, 0.5) is 0 Å². The third-order valence-electron chi connectivity index (χ3n) is 2.27. The molecule has 0 heterocycles. The Bertz CT molecular complexity index is 325. The summed E-state index contributed by atoms with van der Waals surface area (Å²) in [4.78, 5) is 0. The maximum atomic E-state index is 10.9. The van der Waals surface area contributed by atoms with Crippen molar-refractivity contribution in [2.75, 3.05) is 0 Å². The van der Waals surface area contributed by atoms with Crippen LogP contribution in [0.25, 0.3) is 0 Å². The number of hydrogen-bond donors (Lipinski definition) is 0. The number of para-hydroxylation sites is 1. The van der Waals surface area contributed by atoms with Gasteiger partial charge in [0.2, 0.25) is 8.46 Å². The van der Waals surface area contributed by atoms with Crippen LogP contribution in [0.1, 0.15) is 25.8 Å². The van der Waals surface area contributed by atoms with Crippen molar-refractivity contribution >= 4 is 8.46 Å². The Kier molecular flexibility index (Phi) is 3.65. The van der Waals surface area contributed by atoms with E-state index in [2.05, 4.69) is 0 Å². The minimum Gasteiger partial charge on any atom is -0.475 e. The maximum Gasteiger partial charge on any atom is 0.203 e. The SMILES string of the molecule is CCC(C)(Oc1ccccc1C)P=O. The largest absolute Gasteiger partial charge is 0.475 e. The van der Waals surface area contributed by atoms with Gasteiger partial charge in [0.05, 0.1) is 0 Å². The summed E-state index contributed by atoms with van der Waals surface area (Å²) in [5.41, 5.74) is 1.07. The summed E-state index contributed by atoms with van der Waals surface area (Å²) < 4.78 is 16.7. The zero-order valence-electron chi connectivity index (χ0n) is 8.78. The van der Waals surface area contributed by atoms with Crippen molar-refractivity contribution in [3.8, 4) is 5.75 Å². The van der Waals surface area contributed by atoms with Crippen molar-refractivity contribution in [3.05, 3.63) is 29.8 Å². The Morgan fingerprint density at radius 3 is 2.57 bits per heavy atom. The van der Waals surface area contributed by atoms with Crippen molar-refractivity contribution in [3.63, 3.8) is 0 Å². The number of rotatable bonds is 4. The molecule has 1 aromatic rings. The Hall–Kier alpha value is -0.880. The number of ether oxygens (including phenoxy) is 1. The van der Waals surface area contributed by atoms with Crippen molar-refractivity contribution in [2.24, 2.45) is 0 Å². The fourth-order valence-corrected chi connectivity index (χ4v) is 1.33. The fraction of sp³-hybridized carbons (Fsp3) is 0.455. The summed E-state index contributed by atoms with van der Waals surface area (Å²) in [7, 11) is 0.0275. The van der Waals surface area contributed by atoms with Gasteiger partial charge in [0, 0.05) is 0 Å². The molecule has 0 radical (unpaired) electrons. The molecule has 3 heteroatoms. The van der Waals surface area contributed by atoms with Crippen LogP contribution in [0.5, 0.6) is 5.75 Å². The Morgan fingerprint density at radius 2 is 2.07 bits per heavy atom. The molecule has 2 nitrogen and oxygen atoms in total. The van der Waals surface area contributed by atoms with Gasteiger partial charge in [0.1, 0.15) is 5.75 Å². The van der Waals surface area contributed by atoms with E-state index in [1.165, 1.54) is 0 Å². The predicted molar refractivity (Wildman–Crippen MR) is 58.1 cm³/mol. The molecule has 0 aliphatic carbocycles. The molecule has 0 amide bonds. The highest BCUT2D eigenvalue weighted by Crippen LogP contribution is 2.31. The van der Waals surface area contributed by atoms with E-state index >= 15 is 0 Å². The molecule has 76 valence electrons. The molecular weight excluding hydrogens is 195 g/mol. The molecule has 1 rings (SSSR count). The average molecular weight is 210 g/mol. The monoisotopic (exact) mass is 210 g/mol. The molecule has 0 N–H and O–H groups in total. The second kappa shape index (κ2) is 4.56. The smallest absolute Gasteiger partial charge is 0.203 e. The predicted octanol–water partition coefficient (Wildman–Crippen LogP) is 3.79. The molecule has 14 heavy (non-hydrogen) atoms. The molecule has 1 atom stereocenters. The van der Waals surface area contributed by atoms with Gasteiger partial charge in [0.15, 0.2) is 5.34 Å². The molecule has 0 aromatic heterocycles. The normalized spacial score (nSPS) is 15.1. The van der Waals surface area contributed by atoms with E-state index in [0.717, 1.165) is 11.3 Å². The van der Waals surface area contributed by atoms with Crippen molar-refractivity contribution in [2.45, 2.75) is 32.5 Å². The highest BCUT2D eigenvalue weighted by atomic mass is 31.1. The number of aryl methyl sites for hydroxylation is 1. The summed E-state index contributed by atoms with van der Waals surface area (Å²) in [6.45, 7) is 5.78. The van der Waals surface area contributed by atoms with Gasteiger partial charge in [-0.15, -0.1) is 0 Å². The minimum absolute atomic E-state index is 0.0275. The van der Waals surface area contributed by atoms with E-state index < -0.39 is 5.34 Å². The van der Waals surface area contributed by atoms with Crippen LogP contribution < -0.4 is 4.74 Å². The van der Waals surface area contributed by atoms with Crippen molar-refractivity contribution in [1.29, 1.82) is 0 Å². The molecular formula is C11H15O2P. The van der Waals surface area contributed by atoms with Crippen LogP contribution in [-0.2, 0) is 4.57 Å². The van der Waals surface area contributed by atoms with E-state index in [1.807, 2.05) is 45.0 Å². The van der Waals surface area contributed by atoms with Gasteiger partial charge >= 0.3 is 0 Å². The Balaban J connectivity index is 2.87. The Morgan fingerprint density at radius 1 is 1.43 bits per heavy atom. The van der Waals surface area contributed by atoms with Gasteiger partial charge in [-0.1, -0.05) is 25.1 Å². The third kappa shape index (κ3) is 2.55. The molecule has 0 aliphatic heterocycles. The van der Waals surface area contributed by atoms with Crippen LogP contribution in [0.3, 0.4) is 0 Å². The van der Waals surface area contributed by atoms with Gasteiger partial charge in [-0.2, -0.15) is 0 Å². The van der Waals surface area contributed by atoms with E-state index in [0.29, 0.717) is 6.42 Å². The van der Waals surface area contributed by atoms with Gasteiger partial charge < -0.3 is 4.74 Å². The Labute approximate surface area is 86.5 Å². The lowest BCUT2D eigenvalue weighted by atomic mass is 10.2. The molecule has 0 saturated heterocycles. The topological polar surface area (TPSA) is 26.3 Å². The highest BCUT2D eigenvalue weighted by Gasteiger charge is 2.25. The fourth-order valence-electron chi connectivity index (χ4n) is 1.06. The zero-order chi connectivity index (χ0) is 10.6. The second-order valence-corrected chi connectivity index (χ2v) is 4.62. The third-order valence-corrected chi connectivity index (χ3v) is 3.07. The quantitative estimate of drug-likeness (QED) is 0.706. The van der Waals surface area contributed by atoms with Crippen molar-refractivity contribution < 1.29 is 9.30 Å². The first-order valence-electron chi connectivity index (χ1n) is 4.70. The summed E-state index contributed by atoms with van der Waals surface area (Å²) in [5.74, 6) is 0.806. The molecule has 0 bridgehead atoms. The zero-order valence-corrected chi connectivity index (χ0v) is 9.67. The van der Waals surface area contributed by atoms with Gasteiger partial charge in [-0.25, -0.2) is 0 Å². The van der Waals surface area contributed by atoms with Crippen LogP contribution in [0.2, 0.25) is 0 Å². The van der Waals surface area contributed by atoms with Gasteiger partial charge in [-0.3, -0.25) is 4.57 Å². The first-order valence-corrected chi connectivity index (χ1v) is 5.51. The molecule has 0 spiro atoms. The van der Waals surface area contributed by atoms with Crippen LogP contribution in [0.15, 0.2) is 24.3 Å².